The van der Waals surface area contributed by atoms with Crippen LogP contribution in [-0.2, 0) is 7.05 Å². The van der Waals surface area contributed by atoms with Gasteiger partial charge in [-0.15, -0.1) is 0 Å². The first-order chi connectivity index (χ1) is 9.67. The predicted octanol–water partition coefficient (Wildman–Crippen LogP) is 2.15. The van der Waals surface area contributed by atoms with Crippen LogP contribution in [-0.4, -0.2) is 19.5 Å². The highest BCUT2D eigenvalue weighted by atomic mass is 79.9. The van der Waals surface area contributed by atoms with E-state index in [9.17, 15) is 0 Å². The smallest absolute Gasteiger partial charge is 0.241 e. The zero-order valence-electron chi connectivity index (χ0n) is 10.6. The Morgan fingerprint density at radius 2 is 1.95 bits per heavy atom. The predicted molar refractivity (Wildman–Crippen MR) is 81.5 cm³/mol. The first-order valence-corrected chi connectivity index (χ1v) is 6.65. The largest absolute Gasteiger partial charge is 0.338 e. The van der Waals surface area contributed by atoms with Gasteiger partial charge in [-0.1, -0.05) is 15.9 Å². The van der Waals surface area contributed by atoms with E-state index in [-0.39, 0.29) is 0 Å². The summed E-state index contributed by atoms with van der Waals surface area (Å²) in [5.41, 5.74) is 4.76. The monoisotopic (exact) mass is 333 g/mol. The molecule has 0 fully saturated rings. The molecule has 3 rings (SSSR count). The number of fused-ring (bicyclic) bond motifs is 1. The summed E-state index contributed by atoms with van der Waals surface area (Å²) in [6.07, 6.45) is 1.69. The van der Waals surface area contributed by atoms with Crippen molar-refractivity contribution >= 4 is 44.5 Å². The number of imidazole rings is 1. The minimum absolute atomic E-state index is 0.334. The van der Waals surface area contributed by atoms with Crippen LogP contribution >= 0.6 is 15.9 Å². The summed E-state index contributed by atoms with van der Waals surface area (Å²) in [6.45, 7) is 0. The number of halogens is 1. The van der Waals surface area contributed by atoms with Crippen molar-refractivity contribution in [1.82, 2.24) is 19.5 Å². The number of aromatic nitrogens is 4. The Hall–Kier alpha value is -2.19. The van der Waals surface area contributed by atoms with Crippen molar-refractivity contribution in [3.05, 3.63) is 35.1 Å². The van der Waals surface area contributed by atoms with E-state index in [4.69, 9.17) is 5.84 Å². The van der Waals surface area contributed by atoms with Gasteiger partial charge in [-0.25, -0.2) is 10.8 Å². The van der Waals surface area contributed by atoms with Gasteiger partial charge in [-0.05, 0) is 24.3 Å². The summed E-state index contributed by atoms with van der Waals surface area (Å²) < 4.78 is 2.82. The molecule has 0 spiro atoms. The van der Waals surface area contributed by atoms with Crippen molar-refractivity contribution in [2.45, 2.75) is 0 Å². The van der Waals surface area contributed by atoms with Gasteiger partial charge in [0.2, 0.25) is 5.95 Å². The quantitative estimate of drug-likeness (QED) is 0.502. The number of nitrogens with two attached hydrogens (primary N) is 1. The summed E-state index contributed by atoms with van der Waals surface area (Å²) >= 11 is 3.40. The van der Waals surface area contributed by atoms with Gasteiger partial charge in [0.05, 0.1) is 6.33 Å². The third kappa shape index (κ3) is 2.30. The first kappa shape index (κ1) is 12.8. The van der Waals surface area contributed by atoms with E-state index in [0.29, 0.717) is 22.9 Å². The van der Waals surface area contributed by atoms with E-state index in [0.717, 1.165) is 10.2 Å². The molecule has 0 saturated carbocycles. The van der Waals surface area contributed by atoms with E-state index in [1.165, 1.54) is 0 Å². The fourth-order valence-corrected chi connectivity index (χ4v) is 2.09. The maximum absolute atomic E-state index is 5.40. The van der Waals surface area contributed by atoms with Crippen LogP contribution in [0.5, 0.6) is 0 Å². The summed E-state index contributed by atoms with van der Waals surface area (Å²) in [6, 6.07) is 7.77. The van der Waals surface area contributed by atoms with Crippen molar-refractivity contribution in [3.63, 3.8) is 0 Å². The maximum Gasteiger partial charge on any atom is 0.241 e. The number of hydrogen-bond acceptors (Lipinski definition) is 6. The molecule has 102 valence electrons. The number of rotatable bonds is 3. The lowest BCUT2D eigenvalue weighted by Gasteiger charge is -2.08. The fourth-order valence-electron chi connectivity index (χ4n) is 1.83. The van der Waals surface area contributed by atoms with E-state index in [1.807, 2.05) is 35.9 Å². The van der Waals surface area contributed by atoms with Crippen LogP contribution in [0.25, 0.3) is 11.2 Å². The number of nitrogen functional groups attached to an aromatic ring is 1. The van der Waals surface area contributed by atoms with Gasteiger partial charge < -0.3 is 9.88 Å². The maximum atomic E-state index is 5.40. The molecular weight excluding hydrogens is 322 g/mol. The van der Waals surface area contributed by atoms with Gasteiger partial charge >= 0.3 is 0 Å². The normalized spacial score (nSPS) is 10.8. The Balaban J connectivity index is 2.07. The number of nitrogens with one attached hydrogen (secondary N) is 2. The van der Waals surface area contributed by atoms with E-state index in [2.05, 4.69) is 41.6 Å². The topological polar surface area (TPSA) is 93.7 Å². The lowest BCUT2D eigenvalue weighted by Crippen LogP contribution is -2.12. The molecule has 1 aromatic carbocycles. The molecule has 3 aromatic rings. The molecule has 0 saturated heterocycles. The molecule has 0 aliphatic rings. The molecule has 2 heterocycles. The minimum Gasteiger partial charge on any atom is -0.338 e. The number of benzene rings is 1. The van der Waals surface area contributed by atoms with Gasteiger partial charge in [0.25, 0.3) is 0 Å². The van der Waals surface area contributed by atoms with Crippen LogP contribution in [0.2, 0.25) is 0 Å². The van der Waals surface area contributed by atoms with Crippen molar-refractivity contribution in [1.29, 1.82) is 0 Å². The molecule has 0 aliphatic carbocycles. The first-order valence-electron chi connectivity index (χ1n) is 5.85. The summed E-state index contributed by atoms with van der Waals surface area (Å²) in [7, 11) is 1.87. The van der Waals surface area contributed by atoms with Gasteiger partial charge in [0.1, 0.15) is 0 Å². The number of aryl methyl sites for hydroxylation is 1. The lowest BCUT2D eigenvalue weighted by atomic mass is 10.3. The lowest BCUT2D eigenvalue weighted by molar-refractivity contribution is 0.928. The fraction of sp³-hybridized carbons (Fsp3) is 0.0833. The second-order valence-corrected chi connectivity index (χ2v) is 5.12. The van der Waals surface area contributed by atoms with Crippen LogP contribution < -0.4 is 16.6 Å². The van der Waals surface area contributed by atoms with Crippen LogP contribution in [0, 0.1) is 0 Å². The van der Waals surface area contributed by atoms with Crippen LogP contribution in [0.4, 0.5) is 17.5 Å². The molecule has 0 amide bonds. The molecule has 0 aliphatic heterocycles. The van der Waals surface area contributed by atoms with Gasteiger partial charge in [0.15, 0.2) is 17.0 Å². The van der Waals surface area contributed by atoms with Gasteiger partial charge in [0, 0.05) is 17.2 Å². The molecule has 4 N–H and O–H groups in total. The Labute approximate surface area is 123 Å². The highest BCUT2D eigenvalue weighted by Gasteiger charge is 2.11. The Morgan fingerprint density at radius 1 is 1.20 bits per heavy atom. The molecule has 7 nitrogen and oxygen atoms in total. The molecule has 0 radical (unpaired) electrons. The average molecular weight is 334 g/mol. The van der Waals surface area contributed by atoms with Gasteiger partial charge in [-0.2, -0.15) is 9.97 Å². The number of hydrogen-bond donors (Lipinski definition) is 3. The highest BCUT2D eigenvalue weighted by Crippen LogP contribution is 2.24. The third-order valence-electron chi connectivity index (χ3n) is 2.80. The number of hydrazine groups is 1. The van der Waals surface area contributed by atoms with Crippen LogP contribution in [0.15, 0.2) is 35.1 Å². The zero-order chi connectivity index (χ0) is 14.1. The summed E-state index contributed by atoms with van der Waals surface area (Å²) in [4.78, 5) is 12.9. The molecular formula is C12H12BrN7. The molecule has 0 bridgehead atoms. The molecule has 2 aromatic heterocycles. The standard InChI is InChI=1S/C12H12BrN7/c1-20-6-15-9-10(17-12(19-14)18-11(9)20)16-8-4-2-7(13)3-5-8/h2-6H,14H2,1H3,(H2,16,17,18,19). The molecule has 20 heavy (non-hydrogen) atoms. The van der Waals surface area contributed by atoms with Gasteiger partial charge in [-0.3, -0.25) is 5.43 Å². The SMILES string of the molecule is Cn1cnc2c(Nc3ccc(Br)cc3)nc(NN)nc21. The summed E-state index contributed by atoms with van der Waals surface area (Å²) in [5, 5.41) is 3.22. The third-order valence-corrected chi connectivity index (χ3v) is 3.32. The summed E-state index contributed by atoms with van der Waals surface area (Å²) in [5.74, 6) is 6.34. The van der Waals surface area contributed by atoms with Crippen molar-refractivity contribution < 1.29 is 0 Å². The van der Waals surface area contributed by atoms with Crippen molar-refractivity contribution in [2.24, 2.45) is 12.9 Å². The Morgan fingerprint density at radius 3 is 2.65 bits per heavy atom. The highest BCUT2D eigenvalue weighted by molar-refractivity contribution is 9.10. The Kier molecular flexibility index (Phi) is 3.25. The zero-order valence-corrected chi connectivity index (χ0v) is 12.2. The van der Waals surface area contributed by atoms with E-state index in [1.54, 1.807) is 6.33 Å². The minimum atomic E-state index is 0.334. The van der Waals surface area contributed by atoms with Crippen molar-refractivity contribution in [3.8, 4) is 0 Å². The second kappa shape index (κ2) is 5.06. The number of nitrogens with zero attached hydrogens (tertiary/aromatic N) is 4. The van der Waals surface area contributed by atoms with Crippen LogP contribution in [0.1, 0.15) is 0 Å². The Bertz CT molecular complexity index is 750. The molecule has 8 heteroatoms. The van der Waals surface area contributed by atoms with Crippen molar-refractivity contribution in [2.75, 3.05) is 10.7 Å². The number of anilines is 3. The van der Waals surface area contributed by atoms with E-state index >= 15 is 0 Å². The molecule has 0 unspecified atom stereocenters. The molecule has 0 atom stereocenters. The average Bonchev–Trinajstić information content (AvgIpc) is 2.83. The second-order valence-electron chi connectivity index (χ2n) is 4.20. The van der Waals surface area contributed by atoms with E-state index < -0.39 is 0 Å². The van der Waals surface area contributed by atoms with Crippen LogP contribution in [0.3, 0.4) is 0 Å².